The van der Waals surface area contributed by atoms with Crippen LogP contribution in [-0.2, 0) is 10.1 Å². The Morgan fingerprint density at radius 3 is 1.41 bits per heavy atom. The first kappa shape index (κ1) is 26.8. The Morgan fingerprint density at radius 1 is 0.812 bits per heavy atom. The van der Waals surface area contributed by atoms with E-state index in [1.807, 2.05) is 0 Å². The highest BCUT2D eigenvalue weighted by Crippen LogP contribution is 2.34. The zero-order chi connectivity index (χ0) is 24.1. The first-order chi connectivity index (χ1) is 14.8. The Balaban J connectivity index is 0.000000303. The van der Waals surface area contributed by atoms with Crippen LogP contribution < -0.4 is 21.3 Å². The quantitative estimate of drug-likeness (QED) is 0.307. The summed E-state index contributed by atoms with van der Waals surface area (Å²) in [6.07, 6.45) is 1.96. The second-order valence-corrected chi connectivity index (χ2v) is 10.8. The Bertz CT molecular complexity index is 821. The van der Waals surface area contributed by atoms with Gasteiger partial charge < -0.3 is 0 Å². The van der Waals surface area contributed by atoms with Crippen LogP contribution in [-0.4, -0.2) is 61.6 Å². The maximum atomic E-state index is 10.4. The topological polar surface area (TPSA) is 127 Å². The normalized spacial score (nSPS) is 20.8. The van der Waals surface area contributed by atoms with Crippen LogP contribution in [0.25, 0.3) is 0 Å². The molecule has 2 heterocycles. The highest BCUT2D eigenvalue weighted by molar-refractivity contribution is 7.85. The van der Waals surface area contributed by atoms with Crippen LogP contribution in [0.4, 0.5) is 0 Å². The third kappa shape index (κ3) is 5.73. The van der Waals surface area contributed by atoms with E-state index in [1.165, 1.54) is 12.1 Å². The second kappa shape index (κ2) is 10.2. The Hall–Kier alpha value is -1.43. The van der Waals surface area contributed by atoms with E-state index in [0.29, 0.717) is 0 Å². The number of hydrogen-bond acceptors (Lipinski definition) is 8. The SMILES string of the molecule is CCC1(C(C)(C)N=NC(C)(C)C2(CC)NCCN2)NCCN1.O=S(=O)(O)c1ccccc1. The molecule has 0 spiro atoms. The van der Waals surface area contributed by atoms with Crippen LogP contribution in [0.1, 0.15) is 54.4 Å². The maximum absolute atomic E-state index is 10.4. The molecule has 1 aromatic rings. The minimum Gasteiger partial charge on any atom is -0.296 e. The first-order valence-corrected chi connectivity index (χ1v) is 12.8. The molecule has 1 aromatic carbocycles. The van der Waals surface area contributed by atoms with Crippen molar-refractivity contribution in [1.29, 1.82) is 0 Å². The molecule has 5 N–H and O–H groups in total. The number of nitrogens with one attached hydrogen (secondary N) is 4. The highest BCUT2D eigenvalue weighted by atomic mass is 32.2. The highest BCUT2D eigenvalue weighted by Gasteiger charge is 2.49. The molecule has 2 fully saturated rings. The van der Waals surface area contributed by atoms with Gasteiger partial charge >= 0.3 is 0 Å². The van der Waals surface area contributed by atoms with Gasteiger partial charge in [-0.25, -0.2) is 0 Å². The molecule has 0 saturated carbocycles. The largest absolute Gasteiger partial charge is 0.296 e. The van der Waals surface area contributed by atoms with Crippen molar-refractivity contribution < 1.29 is 13.0 Å². The molecule has 0 bridgehead atoms. The summed E-state index contributed by atoms with van der Waals surface area (Å²) in [4.78, 5) is -0.0741. The predicted octanol–water partition coefficient (Wildman–Crippen LogP) is 2.53. The molecule has 0 amide bonds. The summed E-state index contributed by atoms with van der Waals surface area (Å²) in [5.41, 5.74) is -0.933. The van der Waals surface area contributed by atoms with Gasteiger partial charge in [0.25, 0.3) is 10.1 Å². The van der Waals surface area contributed by atoms with Crippen LogP contribution >= 0.6 is 0 Å². The van der Waals surface area contributed by atoms with Gasteiger partial charge in [0, 0.05) is 26.2 Å². The lowest BCUT2D eigenvalue weighted by molar-refractivity contribution is 0.152. The molecule has 32 heavy (non-hydrogen) atoms. The van der Waals surface area contributed by atoms with Crippen molar-refractivity contribution in [3.05, 3.63) is 30.3 Å². The van der Waals surface area contributed by atoms with E-state index < -0.39 is 10.1 Å². The van der Waals surface area contributed by atoms with Crippen molar-refractivity contribution in [3.63, 3.8) is 0 Å². The average molecular weight is 469 g/mol. The van der Waals surface area contributed by atoms with Gasteiger partial charge in [-0.2, -0.15) is 18.6 Å². The fourth-order valence-electron chi connectivity index (χ4n) is 4.47. The molecular weight excluding hydrogens is 428 g/mol. The van der Waals surface area contributed by atoms with Gasteiger partial charge in [-0.15, -0.1) is 0 Å². The number of benzene rings is 1. The fraction of sp³-hybridized carbons (Fsp3) is 0.727. The zero-order valence-corrected chi connectivity index (χ0v) is 21.0. The number of hydrogen-bond donors (Lipinski definition) is 5. The van der Waals surface area contributed by atoms with Crippen molar-refractivity contribution in [2.45, 2.75) is 81.7 Å². The molecule has 2 aliphatic heterocycles. The number of rotatable bonds is 7. The van der Waals surface area contributed by atoms with Gasteiger partial charge in [-0.1, -0.05) is 32.0 Å². The molecule has 9 nitrogen and oxygen atoms in total. The van der Waals surface area contributed by atoms with Crippen molar-refractivity contribution in [3.8, 4) is 0 Å². The zero-order valence-electron chi connectivity index (χ0n) is 20.2. The van der Waals surface area contributed by atoms with Crippen LogP contribution in [0.5, 0.6) is 0 Å². The minimum absolute atomic E-state index is 0.0741. The van der Waals surface area contributed by atoms with Crippen molar-refractivity contribution in [2.24, 2.45) is 10.2 Å². The molecule has 0 unspecified atom stereocenters. The first-order valence-electron chi connectivity index (χ1n) is 11.3. The van der Waals surface area contributed by atoms with Crippen LogP contribution in [0.15, 0.2) is 45.5 Å². The van der Waals surface area contributed by atoms with Gasteiger partial charge in [0.2, 0.25) is 0 Å². The molecular formula is C22H40N6O3S. The molecule has 3 rings (SSSR count). The molecule has 0 atom stereocenters. The lowest BCUT2D eigenvalue weighted by Crippen LogP contribution is -2.64. The summed E-state index contributed by atoms with van der Waals surface area (Å²) in [5, 5.41) is 24.0. The summed E-state index contributed by atoms with van der Waals surface area (Å²) >= 11 is 0. The predicted molar refractivity (Wildman–Crippen MR) is 127 cm³/mol. The van der Waals surface area contributed by atoms with Gasteiger partial charge in [0.1, 0.15) is 11.1 Å². The lowest BCUT2D eigenvalue weighted by atomic mass is 9.85. The van der Waals surface area contributed by atoms with E-state index in [4.69, 9.17) is 14.8 Å². The lowest BCUT2D eigenvalue weighted by Gasteiger charge is -2.43. The van der Waals surface area contributed by atoms with E-state index in [1.54, 1.807) is 18.2 Å². The Morgan fingerprint density at radius 2 is 1.16 bits per heavy atom. The van der Waals surface area contributed by atoms with E-state index >= 15 is 0 Å². The van der Waals surface area contributed by atoms with Gasteiger partial charge in [-0.05, 0) is 52.7 Å². The standard InChI is InChI=1S/C16H34N6.C6H6O3S/c1-7-15(17-9-10-18-15)13(3,4)21-22-14(5,6)16(8-2)19-11-12-20-16;7-10(8,9)6-4-2-1-3-5-6/h17-20H,7-12H2,1-6H3;1-5H,(H,7,8,9). The molecule has 0 radical (unpaired) electrons. The molecule has 2 aliphatic rings. The van der Waals surface area contributed by atoms with Crippen LogP contribution in [0, 0.1) is 0 Å². The molecule has 10 heteroatoms. The summed E-state index contributed by atoms with van der Waals surface area (Å²) < 4.78 is 29.2. The minimum atomic E-state index is -4.00. The average Bonchev–Trinajstić information content (AvgIpc) is 3.44. The van der Waals surface area contributed by atoms with E-state index in [0.717, 1.165) is 39.0 Å². The summed E-state index contributed by atoms with van der Waals surface area (Å²) in [7, 11) is -4.00. The number of azo groups is 1. The summed E-state index contributed by atoms with van der Waals surface area (Å²) in [6.45, 7) is 17.0. The maximum Gasteiger partial charge on any atom is 0.294 e. The van der Waals surface area contributed by atoms with Crippen molar-refractivity contribution >= 4 is 10.1 Å². The monoisotopic (exact) mass is 468 g/mol. The molecule has 182 valence electrons. The number of nitrogens with zero attached hydrogens (tertiary/aromatic N) is 2. The van der Waals surface area contributed by atoms with Crippen LogP contribution in [0.2, 0.25) is 0 Å². The van der Waals surface area contributed by atoms with E-state index in [-0.39, 0.29) is 27.3 Å². The summed E-state index contributed by atoms with van der Waals surface area (Å²) in [5.74, 6) is 0. The summed E-state index contributed by atoms with van der Waals surface area (Å²) in [6, 6.07) is 7.42. The van der Waals surface area contributed by atoms with E-state index in [2.05, 4.69) is 62.8 Å². The van der Waals surface area contributed by atoms with Gasteiger partial charge in [0.15, 0.2) is 0 Å². The fourth-order valence-corrected chi connectivity index (χ4v) is 4.97. The smallest absolute Gasteiger partial charge is 0.294 e. The Labute approximate surface area is 193 Å². The Kier molecular flexibility index (Phi) is 8.58. The van der Waals surface area contributed by atoms with Crippen molar-refractivity contribution in [1.82, 2.24) is 21.3 Å². The van der Waals surface area contributed by atoms with Crippen LogP contribution in [0.3, 0.4) is 0 Å². The van der Waals surface area contributed by atoms with Gasteiger partial charge in [-0.3, -0.25) is 25.8 Å². The molecule has 2 saturated heterocycles. The third-order valence-corrected chi connectivity index (χ3v) is 7.57. The third-order valence-electron chi connectivity index (χ3n) is 6.70. The molecule has 0 aliphatic carbocycles. The second-order valence-electron chi connectivity index (χ2n) is 9.33. The van der Waals surface area contributed by atoms with E-state index in [9.17, 15) is 8.42 Å². The molecule has 0 aromatic heterocycles. The van der Waals surface area contributed by atoms with Gasteiger partial charge in [0.05, 0.1) is 16.2 Å². The van der Waals surface area contributed by atoms with Crippen molar-refractivity contribution in [2.75, 3.05) is 26.2 Å².